The van der Waals surface area contributed by atoms with Gasteiger partial charge in [0.2, 0.25) is 0 Å². The Morgan fingerprint density at radius 2 is 0.511 bits per heavy atom. The molecule has 536 valence electrons. The van der Waals surface area contributed by atoms with Gasteiger partial charge in [0.05, 0.1) is 257 Å². The van der Waals surface area contributed by atoms with Gasteiger partial charge < -0.3 is 105 Å². The zero-order valence-electron chi connectivity index (χ0n) is 56.6. The average molecular weight is 1300 g/mol. The van der Waals surface area contributed by atoms with Crippen molar-refractivity contribution in [1.82, 2.24) is 9.80 Å². The maximum atomic E-state index is 11.6. The second-order valence-corrected chi connectivity index (χ2v) is 21.6. The van der Waals surface area contributed by atoms with Crippen molar-refractivity contribution in [2.24, 2.45) is 5.92 Å². The van der Waals surface area contributed by atoms with Gasteiger partial charge >= 0.3 is 5.97 Å². The van der Waals surface area contributed by atoms with Crippen LogP contribution < -0.4 is 0 Å². The third-order valence-electron chi connectivity index (χ3n) is 13.9. The van der Waals surface area contributed by atoms with E-state index in [0.717, 1.165) is 39.2 Å². The number of piperazine rings is 1. The van der Waals surface area contributed by atoms with Crippen LogP contribution in [0.5, 0.6) is 0 Å². The van der Waals surface area contributed by atoms with E-state index in [1.165, 1.54) is 83.5 Å². The number of rotatable bonds is 79. The average Bonchev–Trinajstić information content (AvgIpc) is 3.52. The van der Waals surface area contributed by atoms with Crippen LogP contribution in [0.2, 0.25) is 0 Å². The molecule has 0 aromatic rings. The van der Waals surface area contributed by atoms with Gasteiger partial charge in [0.15, 0.2) is 0 Å². The summed E-state index contributed by atoms with van der Waals surface area (Å²) in [6, 6.07) is 0. The first-order chi connectivity index (χ1) is 44.6. The third kappa shape index (κ3) is 70.6. The minimum Gasteiger partial charge on any atom is -0.481 e. The number of likely N-dealkylation sites (N-methyl/N-ethyl adjacent to an activating group) is 1. The Hall–Kier alpha value is -1.67. The Morgan fingerprint density at radius 1 is 0.300 bits per heavy atom. The van der Waals surface area contributed by atoms with Gasteiger partial charge in [-0.25, -0.2) is 0 Å². The van der Waals surface area contributed by atoms with Crippen molar-refractivity contribution in [3.05, 3.63) is 12.2 Å². The monoisotopic (exact) mass is 1300 g/mol. The highest BCUT2D eigenvalue weighted by molar-refractivity contribution is 5.70. The van der Waals surface area contributed by atoms with Gasteiger partial charge in [-0.1, -0.05) is 76.9 Å². The van der Waals surface area contributed by atoms with Gasteiger partial charge in [-0.2, -0.15) is 0 Å². The van der Waals surface area contributed by atoms with Crippen LogP contribution in [0.1, 0.15) is 103 Å². The molecule has 24 heteroatoms. The van der Waals surface area contributed by atoms with Gasteiger partial charge in [-0.15, -0.1) is 0 Å². The summed E-state index contributed by atoms with van der Waals surface area (Å²) in [4.78, 5) is 16.1. The van der Waals surface area contributed by atoms with Crippen LogP contribution in [0, 0.1) is 5.92 Å². The normalized spacial score (nSPS) is 13.7. The number of ether oxygens (including phenoxy) is 20. The second-order valence-electron chi connectivity index (χ2n) is 21.6. The fourth-order valence-electron chi connectivity index (χ4n) is 8.59. The number of carbonyl (C=O) groups is 1. The fraction of sp³-hybridized carbons (Fsp3) is 0.955. The molecule has 1 aliphatic rings. The van der Waals surface area contributed by atoms with Crippen LogP contribution in [-0.4, -0.2) is 325 Å². The van der Waals surface area contributed by atoms with Crippen LogP contribution >= 0.6 is 0 Å². The number of hydrogen-bond donors (Lipinski definition) is 1. The quantitative estimate of drug-likeness (QED) is 0.0494. The van der Waals surface area contributed by atoms with Crippen molar-refractivity contribution in [2.75, 3.05) is 304 Å². The number of unbranched alkanes of at least 4 members (excludes halogenated alkanes) is 12. The molecule has 0 saturated carbocycles. The molecule has 1 N–H and O–H groups in total. The number of allylic oxidation sites excluding steroid dienone is 2. The van der Waals surface area contributed by atoms with Crippen molar-refractivity contribution in [3.63, 3.8) is 0 Å². The first-order valence-electron chi connectivity index (χ1n) is 34.5. The molecule has 1 unspecified atom stereocenters. The Morgan fingerprint density at radius 3 is 0.756 bits per heavy atom. The molecule has 0 radical (unpaired) electrons. The summed E-state index contributed by atoms with van der Waals surface area (Å²) in [5.41, 5.74) is 0. The van der Waals surface area contributed by atoms with E-state index in [0.29, 0.717) is 271 Å². The zero-order chi connectivity index (χ0) is 64.3. The maximum Gasteiger partial charge on any atom is 0.307 e. The van der Waals surface area contributed by atoms with Crippen LogP contribution in [0.3, 0.4) is 0 Å². The van der Waals surface area contributed by atoms with E-state index >= 15 is 0 Å². The standard InChI is InChI=1S/C66H130N2O22/c1-3-4-5-6-7-8-9-10-11-12-13-14-15-16-17-18-24-71-26-28-73-30-32-75-34-36-77-38-40-79-42-44-81-46-48-83-50-52-85-54-56-87-58-60-89-62-63-90-61-59-88-57-55-86-53-51-84-49-47-82-45-43-80-41-39-78-37-35-76-33-31-74-29-27-72-25-19-65(66(69)70)64-68-22-20-67(2)21-23-68/h10-11,65H,3-9,12-64H2,1-2H3,(H,69,70). The van der Waals surface area contributed by atoms with Gasteiger partial charge in [0.25, 0.3) is 0 Å². The zero-order valence-corrected chi connectivity index (χ0v) is 56.6. The summed E-state index contributed by atoms with van der Waals surface area (Å²) in [5.74, 6) is -1.18. The van der Waals surface area contributed by atoms with E-state index in [2.05, 4.69) is 35.9 Å². The molecule has 0 aliphatic carbocycles. The van der Waals surface area contributed by atoms with Crippen LogP contribution in [-0.2, 0) is 99.5 Å². The summed E-state index contributed by atoms with van der Waals surface area (Å²) in [6.45, 7) is 26.6. The van der Waals surface area contributed by atoms with Gasteiger partial charge in [0.1, 0.15) is 0 Å². The maximum absolute atomic E-state index is 11.6. The van der Waals surface area contributed by atoms with Crippen molar-refractivity contribution < 1.29 is 105 Å². The van der Waals surface area contributed by atoms with Crippen molar-refractivity contribution in [3.8, 4) is 0 Å². The largest absolute Gasteiger partial charge is 0.481 e. The highest BCUT2D eigenvalue weighted by Gasteiger charge is 2.23. The van der Waals surface area contributed by atoms with E-state index in [9.17, 15) is 9.90 Å². The van der Waals surface area contributed by atoms with E-state index in [-0.39, 0.29) is 0 Å². The number of carboxylic acids is 1. The lowest BCUT2D eigenvalue weighted by Gasteiger charge is -2.33. The molecule has 1 aliphatic heterocycles. The Kier molecular flexibility index (Phi) is 73.2. The number of carboxylic acid groups (broad SMARTS) is 1. The summed E-state index contributed by atoms with van der Waals surface area (Å²) in [5, 5.41) is 9.57. The minimum atomic E-state index is -0.765. The predicted octanol–water partition coefficient (Wildman–Crippen LogP) is 6.69. The molecule has 90 heavy (non-hydrogen) atoms. The minimum absolute atomic E-state index is 0.404. The molecule has 1 rings (SSSR count). The fourth-order valence-corrected chi connectivity index (χ4v) is 8.59. The number of hydrogen-bond acceptors (Lipinski definition) is 23. The number of nitrogens with zero attached hydrogens (tertiary/aromatic N) is 2. The molecule has 0 aromatic heterocycles. The van der Waals surface area contributed by atoms with E-state index < -0.39 is 11.9 Å². The van der Waals surface area contributed by atoms with Crippen molar-refractivity contribution in [2.45, 2.75) is 103 Å². The van der Waals surface area contributed by atoms with Crippen LogP contribution in [0.4, 0.5) is 0 Å². The molecule has 1 atom stereocenters. The molecule has 0 amide bonds. The molecule has 24 nitrogen and oxygen atoms in total. The van der Waals surface area contributed by atoms with Crippen molar-refractivity contribution >= 4 is 5.97 Å². The van der Waals surface area contributed by atoms with Gasteiger partial charge in [-0.05, 0) is 45.6 Å². The molecule has 0 bridgehead atoms. The molecular weight excluding hydrogens is 1170 g/mol. The summed E-state index contributed by atoms with van der Waals surface area (Å²) in [6.07, 6.45) is 23.7. The smallest absolute Gasteiger partial charge is 0.307 e. The topological polar surface area (TPSA) is 228 Å². The molecule has 1 saturated heterocycles. The lowest BCUT2D eigenvalue weighted by molar-refractivity contribution is -0.143. The highest BCUT2D eigenvalue weighted by Crippen LogP contribution is 2.12. The molecule has 1 heterocycles. The summed E-state index contributed by atoms with van der Waals surface area (Å²) in [7, 11) is 2.09. The molecule has 0 spiro atoms. The lowest BCUT2D eigenvalue weighted by atomic mass is 10.1. The van der Waals surface area contributed by atoms with Crippen LogP contribution in [0.25, 0.3) is 0 Å². The molecule has 0 aromatic carbocycles. The Balaban J connectivity index is 1.61. The second kappa shape index (κ2) is 76.3. The predicted molar refractivity (Wildman–Crippen MR) is 346 cm³/mol. The van der Waals surface area contributed by atoms with Gasteiger partial charge in [0, 0.05) is 45.9 Å². The van der Waals surface area contributed by atoms with Crippen LogP contribution in [0.15, 0.2) is 12.2 Å². The first kappa shape index (κ1) is 86.3. The summed E-state index contributed by atoms with van der Waals surface area (Å²) < 4.78 is 111. The Labute approximate surface area is 544 Å². The summed E-state index contributed by atoms with van der Waals surface area (Å²) >= 11 is 0. The van der Waals surface area contributed by atoms with E-state index in [4.69, 9.17) is 94.7 Å². The molecule has 1 fully saturated rings. The molecular formula is C66H130N2O22. The van der Waals surface area contributed by atoms with Crippen molar-refractivity contribution in [1.29, 1.82) is 0 Å². The lowest BCUT2D eigenvalue weighted by Crippen LogP contribution is -2.47. The van der Waals surface area contributed by atoms with E-state index in [1.54, 1.807) is 0 Å². The first-order valence-corrected chi connectivity index (χ1v) is 34.5. The van der Waals surface area contributed by atoms with E-state index in [1.807, 2.05) is 0 Å². The number of aliphatic carboxylic acids is 1. The third-order valence-corrected chi connectivity index (χ3v) is 13.9. The SMILES string of the molecule is CCCCCCCCC=CCCCCCCCCOCCOCCOCCOCCOCCOCCOCCOCCOCCOCCOCCOCCOCCOCCOCCOCCOCCOCCOCCOCCC(CN1CCN(C)CC1)C(=O)O. The van der Waals surface area contributed by atoms with Gasteiger partial charge in [-0.3, -0.25) is 9.69 Å². The Bertz CT molecular complexity index is 1400. The highest BCUT2D eigenvalue weighted by atomic mass is 16.6.